The van der Waals surface area contributed by atoms with Gasteiger partial charge < -0.3 is 10.6 Å². The molecule has 0 saturated carbocycles. The fourth-order valence-corrected chi connectivity index (χ4v) is 5.36. The van der Waals surface area contributed by atoms with Gasteiger partial charge in [0.1, 0.15) is 0 Å². The molecule has 0 saturated heterocycles. The molecule has 2 aromatic rings. The maximum atomic E-state index is 14.9. The summed E-state index contributed by atoms with van der Waals surface area (Å²) in [4.78, 5) is 23.1. The van der Waals surface area contributed by atoms with Crippen molar-refractivity contribution in [2.24, 2.45) is 0 Å². The van der Waals surface area contributed by atoms with Crippen LogP contribution >= 0.6 is 31.9 Å². The quantitative estimate of drug-likeness (QED) is 0.339. The van der Waals surface area contributed by atoms with E-state index in [0.717, 1.165) is 26.0 Å². The molecule has 2 rings (SSSR count). The Bertz CT molecular complexity index is 1110. The number of carbonyl (C=O) groups is 2. The summed E-state index contributed by atoms with van der Waals surface area (Å²) < 4.78 is 89.0. The van der Waals surface area contributed by atoms with Crippen molar-refractivity contribution in [2.45, 2.75) is 59.3 Å². The van der Waals surface area contributed by atoms with Crippen molar-refractivity contribution in [3.8, 4) is 0 Å². The Kier molecular flexibility index (Phi) is 8.13. The highest BCUT2D eigenvalue weighted by Gasteiger charge is 2.73. The van der Waals surface area contributed by atoms with E-state index >= 15 is 0 Å². The van der Waals surface area contributed by atoms with Crippen LogP contribution in [0.5, 0.6) is 0 Å². The number of aryl methyl sites for hydroxylation is 2. The van der Waals surface area contributed by atoms with Crippen molar-refractivity contribution in [3.63, 3.8) is 0 Å². The van der Waals surface area contributed by atoms with Crippen LogP contribution in [0.1, 0.15) is 47.2 Å². The van der Waals surface area contributed by atoms with Crippen molar-refractivity contribution < 1.29 is 35.9 Å². The predicted molar refractivity (Wildman–Crippen MR) is 129 cm³/mol. The fraction of sp³-hybridized carbons (Fsp3) is 0.391. The van der Waals surface area contributed by atoms with Crippen molar-refractivity contribution in [1.82, 2.24) is 0 Å². The van der Waals surface area contributed by atoms with Gasteiger partial charge in [-0.2, -0.15) is 26.3 Å². The molecule has 12 heteroatoms. The van der Waals surface area contributed by atoms with Crippen LogP contribution in [0.4, 0.5) is 37.7 Å². The lowest BCUT2D eigenvalue weighted by Crippen LogP contribution is -2.55. The number of rotatable bonds is 4. The van der Waals surface area contributed by atoms with Gasteiger partial charge in [-0.25, -0.2) is 0 Å². The monoisotopic (exact) mass is 630 g/mol. The molecule has 192 valence electrons. The van der Waals surface area contributed by atoms with E-state index in [1.165, 1.54) is 27.7 Å². The molecule has 2 aromatic carbocycles. The van der Waals surface area contributed by atoms with Crippen molar-refractivity contribution in [1.29, 1.82) is 0 Å². The number of carbonyl (C=O) groups excluding carboxylic acids is 2. The molecule has 0 aliphatic rings. The Labute approximate surface area is 215 Å². The minimum Gasteiger partial charge on any atom is -0.325 e. The second-order valence-electron chi connectivity index (χ2n) is 8.22. The first kappa shape index (κ1) is 29.2. The maximum Gasteiger partial charge on any atom is 0.411 e. The lowest BCUT2D eigenvalue weighted by atomic mass is 9.69. The molecule has 0 radical (unpaired) electrons. The summed E-state index contributed by atoms with van der Waals surface area (Å²) in [5.74, 6) is -1.08. The second kappa shape index (κ2) is 9.76. The highest BCUT2D eigenvalue weighted by molar-refractivity contribution is 9.11. The highest BCUT2D eigenvalue weighted by Crippen LogP contribution is 2.59. The van der Waals surface area contributed by atoms with Crippen molar-refractivity contribution >= 4 is 55.0 Å². The van der Waals surface area contributed by atoms with Crippen LogP contribution in [0, 0.1) is 27.7 Å². The van der Waals surface area contributed by atoms with Gasteiger partial charge in [0, 0.05) is 22.8 Å². The number of nitrogens with one attached hydrogen (secondary N) is 2. The summed E-state index contributed by atoms with van der Waals surface area (Å²) in [5.41, 5.74) is -6.99. The number of hydrogen-bond acceptors (Lipinski definition) is 2. The highest BCUT2D eigenvalue weighted by atomic mass is 79.9. The summed E-state index contributed by atoms with van der Waals surface area (Å²) in [6.45, 7) is 7.21. The van der Waals surface area contributed by atoms with Gasteiger partial charge in [0.15, 0.2) is 0 Å². The predicted octanol–water partition coefficient (Wildman–Crippen LogP) is 7.77. The zero-order valence-electron chi connectivity index (χ0n) is 19.5. The number of hydrogen-bond donors (Lipinski definition) is 2. The largest absolute Gasteiger partial charge is 0.411 e. The zero-order valence-corrected chi connectivity index (χ0v) is 22.7. The van der Waals surface area contributed by atoms with Gasteiger partial charge in [-0.3, -0.25) is 9.59 Å². The number of benzene rings is 2. The first-order chi connectivity index (χ1) is 15.8. The molecule has 2 amide bonds. The maximum absolute atomic E-state index is 14.9. The van der Waals surface area contributed by atoms with Crippen LogP contribution in [-0.4, -0.2) is 24.2 Å². The summed E-state index contributed by atoms with van der Waals surface area (Å²) >= 11 is 6.18. The van der Waals surface area contributed by atoms with E-state index in [1.807, 2.05) is 0 Å². The van der Waals surface area contributed by atoms with E-state index in [0.29, 0.717) is 0 Å². The van der Waals surface area contributed by atoms with E-state index in [2.05, 4.69) is 42.5 Å². The van der Waals surface area contributed by atoms with Gasteiger partial charge in [-0.05, 0) is 92.9 Å². The zero-order chi connectivity index (χ0) is 27.3. The summed E-state index contributed by atoms with van der Waals surface area (Å²) in [7, 11) is 0. The van der Waals surface area contributed by atoms with Crippen LogP contribution in [0.2, 0.25) is 0 Å². The van der Waals surface area contributed by atoms with E-state index in [1.54, 1.807) is 0 Å². The smallest absolute Gasteiger partial charge is 0.325 e. The molecule has 35 heavy (non-hydrogen) atoms. The third kappa shape index (κ3) is 4.96. The minimum absolute atomic E-state index is 0.00820. The van der Waals surface area contributed by atoms with E-state index in [4.69, 9.17) is 0 Å². The number of anilines is 2. The lowest BCUT2D eigenvalue weighted by Gasteiger charge is -2.41. The average Bonchev–Trinajstić information content (AvgIpc) is 2.68. The van der Waals surface area contributed by atoms with Crippen LogP contribution < -0.4 is 10.6 Å². The third-order valence-electron chi connectivity index (χ3n) is 5.68. The van der Waals surface area contributed by atoms with Crippen LogP contribution in [0.15, 0.2) is 21.1 Å². The van der Waals surface area contributed by atoms with Gasteiger partial charge in [-0.15, -0.1) is 0 Å². The molecule has 0 bridgehead atoms. The van der Waals surface area contributed by atoms with Gasteiger partial charge in [0.25, 0.3) is 0 Å². The first-order valence-corrected chi connectivity index (χ1v) is 11.7. The first-order valence-electron chi connectivity index (χ1n) is 10.1. The average molecular weight is 632 g/mol. The minimum atomic E-state index is -5.82. The summed E-state index contributed by atoms with van der Waals surface area (Å²) in [6.07, 6.45) is -11.6. The molecule has 0 heterocycles. The fourth-order valence-electron chi connectivity index (χ4n) is 4.11. The van der Waals surface area contributed by atoms with E-state index in [9.17, 15) is 35.9 Å². The molecule has 0 aliphatic heterocycles. The van der Waals surface area contributed by atoms with Crippen LogP contribution in [0.25, 0.3) is 0 Å². The molecule has 0 aromatic heterocycles. The van der Waals surface area contributed by atoms with Gasteiger partial charge in [-0.1, -0.05) is 12.1 Å². The normalized spacial score (nSPS) is 12.5. The Balaban J connectivity index is 3.16. The standard InChI is InChI=1S/C23H22Br2F6N2O2/c1-9-7-15(11(3)17(24)19(9)32-13(5)34)21(22(26,27)28,23(29,30)31)16-8-10(2)20(33-14(6)35)18(25)12(16)4/h7-8H,1-6H3,(H,32,34)(H,33,35). The lowest BCUT2D eigenvalue weighted by molar-refractivity contribution is -0.289. The summed E-state index contributed by atoms with van der Waals surface area (Å²) in [6, 6.07) is 1.60. The number of alkyl halides is 6. The topological polar surface area (TPSA) is 58.2 Å². The van der Waals surface area contributed by atoms with Crippen LogP contribution in [-0.2, 0) is 15.0 Å². The molecule has 0 atom stereocenters. The van der Waals surface area contributed by atoms with E-state index < -0.39 is 40.7 Å². The van der Waals surface area contributed by atoms with E-state index in [-0.39, 0.29) is 42.6 Å². The molecular formula is C23H22Br2F6N2O2. The SMILES string of the molecule is CC(=O)Nc1c(C)cc(C(c2cc(C)c(NC(C)=O)c(Br)c2C)(C(F)(F)F)C(F)(F)F)c(C)c1Br. The molecular weight excluding hydrogens is 610 g/mol. The number of amides is 2. The van der Waals surface area contributed by atoms with Gasteiger partial charge >= 0.3 is 12.4 Å². The van der Waals surface area contributed by atoms with Gasteiger partial charge in [0.05, 0.1) is 11.4 Å². The third-order valence-corrected chi connectivity index (χ3v) is 7.66. The molecule has 0 unspecified atom stereocenters. The Hall–Kier alpha value is -2.08. The van der Waals surface area contributed by atoms with Crippen LogP contribution in [0.3, 0.4) is 0 Å². The molecule has 0 aliphatic carbocycles. The summed E-state index contributed by atoms with van der Waals surface area (Å²) in [5, 5.41) is 4.87. The Morgan fingerprint density at radius 2 is 0.971 bits per heavy atom. The molecule has 0 spiro atoms. The Morgan fingerprint density at radius 1 is 0.686 bits per heavy atom. The van der Waals surface area contributed by atoms with Crippen molar-refractivity contribution in [3.05, 3.63) is 54.5 Å². The Morgan fingerprint density at radius 3 is 1.20 bits per heavy atom. The van der Waals surface area contributed by atoms with Gasteiger partial charge in [0.2, 0.25) is 17.2 Å². The van der Waals surface area contributed by atoms with Crippen molar-refractivity contribution in [2.75, 3.05) is 10.6 Å². The molecule has 2 N–H and O–H groups in total. The number of halogens is 8. The molecule has 0 fully saturated rings. The molecule has 4 nitrogen and oxygen atoms in total. The second-order valence-corrected chi connectivity index (χ2v) is 9.80.